The van der Waals surface area contributed by atoms with Crippen molar-refractivity contribution in [2.45, 2.75) is 12.8 Å². The van der Waals surface area contributed by atoms with Crippen LogP contribution in [-0.2, 0) is 0 Å². The van der Waals surface area contributed by atoms with Crippen molar-refractivity contribution < 1.29 is 4.92 Å². The number of nitrogens with one attached hydrogen (secondary N) is 1. The Bertz CT molecular complexity index is 456. The summed E-state index contributed by atoms with van der Waals surface area (Å²) in [6.07, 6.45) is 2.27. The lowest BCUT2D eigenvalue weighted by molar-refractivity contribution is -0.383. The molecule has 0 atom stereocenters. The summed E-state index contributed by atoms with van der Waals surface area (Å²) in [6.45, 7) is 3.00. The van der Waals surface area contributed by atoms with Gasteiger partial charge in [-0.25, -0.2) is 0 Å². The molecule has 3 N–H and O–H groups in total. The molecule has 2 rings (SSSR count). The molecule has 1 aliphatic rings. The van der Waals surface area contributed by atoms with E-state index in [2.05, 4.69) is 10.2 Å². The quantitative estimate of drug-likeness (QED) is 0.490. The number of anilines is 2. The number of hydrogen-bond acceptors (Lipinski definition) is 5. The number of nitrogen functional groups attached to an aromatic ring is 1. The average Bonchev–Trinajstić information content (AvgIpc) is 2.39. The van der Waals surface area contributed by atoms with E-state index in [4.69, 9.17) is 5.73 Å². The molecule has 1 fully saturated rings. The molecular weight excluding hydrogens is 244 g/mol. The zero-order valence-corrected chi connectivity index (χ0v) is 11.1. The molecule has 0 aromatic heterocycles. The van der Waals surface area contributed by atoms with Crippen molar-refractivity contribution in [2.24, 2.45) is 5.92 Å². The molecule has 0 amide bonds. The molecule has 6 heteroatoms. The number of nitro benzene ring substituents is 1. The van der Waals surface area contributed by atoms with Crippen LogP contribution in [0.2, 0.25) is 0 Å². The number of hydrogen-bond donors (Lipinski definition) is 2. The highest BCUT2D eigenvalue weighted by molar-refractivity contribution is 5.66. The van der Waals surface area contributed by atoms with E-state index in [0.717, 1.165) is 44.1 Å². The van der Waals surface area contributed by atoms with Gasteiger partial charge in [0.05, 0.1) is 4.92 Å². The number of benzene rings is 1. The minimum absolute atomic E-state index is 0.0196. The van der Waals surface area contributed by atoms with Gasteiger partial charge in [0, 0.05) is 24.8 Å². The van der Waals surface area contributed by atoms with Crippen LogP contribution in [0.25, 0.3) is 0 Å². The molecule has 1 aliphatic heterocycles. The van der Waals surface area contributed by atoms with Crippen LogP contribution in [0.4, 0.5) is 17.1 Å². The monoisotopic (exact) mass is 264 g/mol. The van der Waals surface area contributed by atoms with Gasteiger partial charge in [-0.3, -0.25) is 10.1 Å². The maximum atomic E-state index is 10.7. The van der Waals surface area contributed by atoms with Gasteiger partial charge in [0.2, 0.25) is 0 Å². The number of rotatable bonds is 4. The minimum Gasteiger partial charge on any atom is -0.393 e. The van der Waals surface area contributed by atoms with Gasteiger partial charge in [-0.2, -0.15) is 0 Å². The van der Waals surface area contributed by atoms with E-state index in [1.165, 1.54) is 6.07 Å². The number of nitro groups is 1. The smallest absolute Gasteiger partial charge is 0.292 e. The van der Waals surface area contributed by atoms with Crippen LogP contribution in [0.1, 0.15) is 12.8 Å². The standard InChI is InChI=1S/C13H20N4O2/c1-15-9-10-4-6-16(7-5-10)11-2-3-13(17(18)19)12(14)8-11/h2-3,8,10,15H,4-7,9,14H2,1H3. The van der Waals surface area contributed by atoms with Crippen molar-refractivity contribution in [1.82, 2.24) is 5.32 Å². The fraction of sp³-hybridized carbons (Fsp3) is 0.538. The third kappa shape index (κ3) is 3.14. The van der Waals surface area contributed by atoms with E-state index < -0.39 is 4.92 Å². The number of piperidine rings is 1. The third-order valence-electron chi connectivity index (χ3n) is 3.68. The SMILES string of the molecule is CNCC1CCN(c2ccc([N+](=O)[O-])c(N)c2)CC1. The summed E-state index contributed by atoms with van der Waals surface area (Å²) in [5.74, 6) is 0.719. The molecule has 1 aromatic carbocycles. The summed E-state index contributed by atoms with van der Waals surface area (Å²) in [5.41, 5.74) is 6.92. The van der Waals surface area contributed by atoms with Gasteiger partial charge in [-0.05, 0) is 44.5 Å². The van der Waals surface area contributed by atoms with Crippen LogP contribution in [0, 0.1) is 16.0 Å². The van der Waals surface area contributed by atoms with Crippen LogP contribution in [0.15, 0.2) is 18.2 Å². The molecule has 6 nitrogen and oxygen atoms in total. The zero-order valence-electron chi connectivity index (χ0n) is 11.1. The van der Waals surface area contributed by atoms with Gasteiger partial charge in [-0.1, -0.05) is 0 Å². The van der Waals surface area contributed by atoms with Crippen LogP contribution in [-0.4, -0.2) is 31.6 Å². The first-order valence-corrected chi connectivity index (χ1v) is 6.55. The fourth-order valence-corrected chi connectivity index (χ4v) is 2.59. The molecule has 0 unspecified atom stereocenters. The van der Waals surface area contributed by atoms with Gasteiger partial charge >= 0.3 is 0 Å². The topological polar surface area (TPSA) is 84.4 Å². The molecule has 0 aliphatic carbocycles. The Balaban J connectivity index is 2.04. The Hall–Kier alpha value is -1.82. The minimum atomic E-state index is -0.446. The maximum absolute atomic E-state index is 10.7. The van der Waals surface area contributed by atoms with Crippen LogP contribution in [0.5, 0.6) is 0 Å². The first-order chi connectivity index (χ1) is 9.11. The van der Waals surface area contributed by atoms with Crippen molar-refractivity contribution in [3.05, 3.63) is 28.3 Å². The van der Waals surface area contributed by atoms with E-state index in [-0.39, 0.29) is 11.4 Å². The van der Waals surface area contributed by atoms with Crippen LogP contribution >= 0.6 is 0 Å². The largest absolute Gasteiger partial charge is 0.393 e. The lowest BCUT2D eigenvalue weighted by atomic mass is 9.96. The van der Waals surface area contributed by atoms with Gasteiger partial charge in [0.15, 0.2) is 0 Å². The van der Waals surface area contributed by atoms with E-state index >= 15 is 0 Å². The molecule has 0 bridgehead atoms. The third-order valence-corrected chi connectivity index (χ3v) is 3.68. The van der Waals surface area contributed by atoms with Gasteiger partial charge in [-0.15, -0.1) is 0 Å². The summed E-state index contributed by atoms with van der Waals surface area (Å²) in [5, 5.41) is 13.9. The first kappa shape index (κ1) is 13.6. The van der Waals surface area contributed by atoms with Gasteiger partial charge < -0.3 is 16.0 Å². The highest BCUT2D eigenvalue weighted by Crippen LogP contribution is 2.29. The molecule has 1 heterocycles. The second-order valence-electron chi connectivity index (χ2n) is 4.99. The molecule has 0 saturated carbocycles. The van der Waals surface area contributed by atoms with Gasteiger partial charge in [0.25, 0.3) is 5.69 Å². The molecular formula is C13H20N4O2. The van der Waals surface area contributed by atoms with Crippen molar-refractivity contribution in [2.75, 3.05) is 37.3 Å². The molecule has 0 spiro atoms. The average molecular weight is 264 g/mol. The Morgan fingerprint density at radius 3 is 2.68 bits per heavy atom. The molecule has 104 valence electrons. The lowest BCUT2D eigenvalue weighted by Gasteiger charge is -2.33. The normalized spacial score (nSPS) is 16.6. The second-order valence-corrected chi connectivity index (χ2v) is 4.99. The van der Waals surface area contributed by atoms with E-state index in [1.807, 2.05) is 7.05 Å². The van der Waals surface area contributed by atoms with Crippen LogP contribution < -0.4 is 16.0 Å². The predicted octanol–water partition coefficient (Wildman–Crippen LogP) is 1.61. The number of nitrogens with zero attached hydrogens (tertiary/aromatic N) is 2. The molecule has 19 heavy (non-hydrogen) atoms. The molecule has 1 saturated heterocycles. The van der Waals surface area contributed by atoms with Gasteiger partial charge in [0.1, 0.15) is 5.69 Å². The van der Waals surface area contributed by atoms with Crippen molar-refractivity contribution >= 4 is 17.1 Å². The highest BCUT2D eigenvalue weighted by Gasteiger charge is 2.20. The van der Waals surface area contributed by atoms with Crippen LogP contribution in [0.3, 0.4) is 0 Å². The van der Waals surface area contributed by atoms with Crippen molar-refractivity contribution in [3.8, 4) is 0 Å². The highest BCUT2D eigenvalue weighted by atomic mass is 16.6. The van der Waals surface area contributed by atoms with Crippen molar-refractivity contribution in [3.63, 3.8) is 0 Å². The summed E-state index contributed by atoms with van der Waals surface area (Å²) in [7, 11) is 1.98. The lowest BCUT2D eigenvalue weighted by Crippen LogP contribution is -2.36. The fourth-order valence-electron chi connectivity index (χ4n) is 2.59. The second kappa shape index (κ2) is 5.88. The molecule has 1 aromatic rings. The summed E-state index contributed by atoms with van der Waals surface area (Å²) in [4.78, 5) is 12.5. The van der Waals surface area contributed by atoms with E-state index in [1.54, 1.807) is 12.1 Å². The van der Waals surface area contributed by atoms with E-state index in [9.17, 15) is 10.1 Å². The first-order valence-electron chi connectivity index (χ1n) is 6.55. The predicted molar refractivity (Wildman–Crippen MR) is 76.4 cm³/mol. The summed E-state index contributed by atoms with van der Waals surface area (Å²) < 4.78 is 0. The molecule has 0 radical (unpaired) electrons. The summed E-state index contributed by atoms with van der Waals surface area (Å²) >= 11 is 0. The Labute approximate surface area is 112 Å². The zero-order chi connectivity index (χ0) is 13.8. The van der Waals surface area contributed by atoms with Crippen molar-refractivity contribution in [1.29, 1.82) is 0 Å². The van der Waals surface area contributed by atoms with E-state index in [0.29, 0.717) is 0 Å². The Morgan fingerprint density at radius 1 is 1.47 bits per heavy atom. The summed E-state index contributed by atoms with van der Waals surface area (Å²) in [6, 6.07) is 4.98. The Kier molecular flexibility index (Phi) is 4.21. The maximum Gasteiger partial charge on any atom is 0.292 e. The number of nitrogens with two attached hydrogens (primary N) is 1. The Morgan fingerprint density at radius 2 is 2.16 bits per heavy atom.